The fourth-order valence-electron chi connectivity index (χ4n) is 1.15. The Morgan fingerprint density at radius 3 is 2.92 bits per heavy atom. The number of carbonyl (C=O) groups is 1. The summed E-state index contributed by atoms with van der Waals surface area (Å²) < 4.78 is 1.72. The Morgan fingerprint density at radius 1 is 1.77 bits per heavy atom. The summed E-state index contributed by atoms with van der Waals surface area (Å²) in [5, 5.41) is 12.8. The predicted molar refractivity (Wildman–Crippen MR) is 52.1 cm³/mol. The van der Waals surface area contributed by atoms with E-state index < -0.39 is 5.97 Å². The summed E-state index contributed by atoms with van der Waals surface area (Å²) in [4.78, 5) is 10.8. The third-order valence-electron chi connectivity index (χ3n) is 1.76. The van der Waals surface area contributed by atoms with Crippen LogP contribution in [0, 0.1) is 0 Å². The number of hydrogen-bond donors (Lipinski definition) is 1. The largest absolute Gasteiger partial charge is 0.478 e. The number of aromatic nitrogens is 2. The first kappa shape index (κ1) is 10.1. The van der Waals surface area contributed by atoms with Gasteiger partial charge in [0.15, 0.2) is 0 Å². The Balaban J connectivity index is 3.06. The summed E-state index contributed by atoms with van der Waals surface area (Å²) in [6.45, 7) is 2.66. The van der Waals surface area contributed by atoms with E-state index in [1.165, 1.54) is 6.20 Å². The average Bonchev–Trinajstić information content (AvgIpc) is 2.48. The zero-order chi connectivity index (χ0) is 9.84. The van der Waals surface area contributed by atoms with E-state index in [1.54, 1.807) is 16.4 Å². The standard InChI is InChI=1S/C8H12N2O2S/c1-3-10-7(5-13-2)6(4-9-10)8(11)12/h4H,3,5H2,1-2H3,(H,11,12). The molecule has 5 heteroatoms. The second kappa shape index (κ2) is 4.32. The molecule has 0 spiro atoms. The lowest BCUT2D eigenvalue weighted by Crippen LogP contribution is -2.05. The van der Waals surface area contributed by atoms with Gasteiger partial charge in [-0.3, -0.25) is 4.68 Å². The highest BCUT2D eigenvalue weighted by Gasteiger charge is 2.14. The van der Waals surface area contributed by atoms with Gasteiger partial charge in [-0.15, -0.1) is 0 Å². The van der Waals surface area contributed by atoms with Crippen molar-refractivity contribution in [2.45, 2.75) is 19.2 Å². The first-order valence-electron chi connectivity index (χ1n) is 3.97. The van der Waals surface area contributed by atoms with Crippen LogP contribution in [0.1, 0.15) is 23.0 Å². The van der Waals surface area contributed by atoms with Crippen molar-refractivity contribution in [2.24, 2.45) is 0 Å². The van der Waals surface area contributed by atoms with Gasteiger partial charge >= 0.3 is 5.97 Å². The van der Waals surface area contributed by atoms with E-state index in [0.29, 0.717) is 17.9 Å². The van der Waals surface area contributed by atoms with Gasteiger partial charge in [0.2, 0.25) is 0 Å². The molecule has 0 aliphatic rings. The van der Waals surface area contributed by atoms with Crippen LogP contribution in [-0.4, -0.2) is 27.1 Å². The molecule has 1 rings (SSSR count). The third-order valence-corrected chi connectivity index (χ3v) is 2.32. The molecule has 4 nitrogen and oxygen atoms in total. The number of aryl methyl sites for hydroxylation is 1. The molecule has 0 aliphatic heterocycles. The maximum absolute atomic E-state index is 10.8. The first-order valence-corrected chi connectivity index (χ1v) is 5.37. The van der Waals surface area contributed by atoms with Crippen LogP contribution in [0.3, 0.4) is 0 Å². The minimum absolute atomic E-state index is 0.316. The first-order chi connectivity index (χ1) is 6.20. The predicted octanol–water partition coefficient (Wildman–Crippen LogP) is 1.46. The summed E-state index contributed by atoms with van der Waals surface area (Å²) in [5.74, 6) is -0.209. The summed E-state index contributed by atoms with van der Waals surface area (Å²) in [7, 11) is 0. The Kier molecular flexibility index (Phi) is 3.36. The number of nitrogens with zero attached hydrogens (tertiary/aromatic N) is 2. The average molecular weight is 200 g/mol. The monoisotopic (exact) mass is 200 g/mol. The van der Waals surface area contributed by atoms with E-state index in [4.69, 9.17) is 5.11 Å². The molecule has 1 aromatic rings. The molecule has 1 N–H and O–H groups in total. The van der Waals surface area contributed by atoms with Crippen molar-refractivity contribution in [3.8, 4) is 0 Å². The molecule has 0 saturated heterocycles. The van der Waals surface area contributed by atoms with Crippen LogP contribution in [0.2, 0.25) is 0 Å². The van der Waals surface area contributed by atoms with Crippen LogP contribution in [-0.2, 0) is 12.3 Å². The Morgan fingerprint density at radius 2 is 2.46 bits per heavy atom. The highest BCUT2D eigenvalue weighted by Crippen LogP contribution is 2.14. The van der Waals surface area contributed by atoms with Gasteiger partial charge < -0.3 is 5.11 Å². The van der Waals surface area contributed by atoms with Gasteiger partial charge in [0.1, 0.15) is 5.56 Å². The summed E-state index contributed by atoms with van der Waals surface area (Å²) >= 11 is 1.60. The SMILES string of the molecule is CCn1ncc(C(=O)O)c1CSC. The third kappa shape index (κ3) is 2.03. The van der Waals surface area contributed by atoms with Crippen LogP contribution in [0.4, 0.5) is 0 Å². The number of carboxylic acid groups (broad SMARTS) is 1. The molecule has 0 amide bonds. The minimum Gasteiger partial charge on any atom is -0.478 e. The van der Waals surface area contributed by atoms with Crippen molar-refractivity contribution in [3.63, 3.8) is 0 Å². The molecule has 13 heavy (non-hydrogen) atoms. The van der Waals surface area contributed by atoms with Crippen molar-refractivity contribution >= 4 is 17.7 Å². The zero-order valence-corrected chi connectivity index (χ0v) is 8.47. The topological polar surface area (TPSA) is 55.1 Å². The Bertz CT molecular complexity index is 309. The molecular formula is C8H12N2O2S. The van der Waals surface area contributed by atoms with Crippen molar-refractivity contribution in [3.05, 3.63) is 17.5 Å². The second-order valence-electron chi connectivity index (χ2n) is 2.56. The molecule has 0 radical (unpaired) electrons. The molecular weight excluding hydrogens is 188 g/mol. The molecule has 0 bridgehead atoms. The summed E-state index contributed by atoms with van der Waals surface area (Å²) in [6.07, 6.45) is 3.36. The zero-order valence-electron chi connectivity index (χ0n) is 7.65. The van der Waals surface area contributed by atoms with Gasteiger partial charge in [-0.1, -0.05) is 0 Å². The molecule has 1 aromatic heterocycles. The van der Waals surface area contributed by atoms with Gasteiger partial charge in [-0.05, 0) is 13.2 Å². The van der Waals surface area contributed by atoms with E-state index in [1.807, 2.05) is 13.2 Å². The summed E-state index contributed by atoms with van der Waals surface area (Å²) in [6, 6.07) is 0. The number of thioether (sulfide) groups is 1. The van der Waals surface area contributed by atoms with Crippen LogP contribution in [0.5, 0.6) is 0 Å². The van der Waals surface area contributed by atoms with E-state index in [-0.39, 0.29) is 0 Å². The molecule has 0 unspecified atom stereocenters. The number of carboxylic acids is 1. The van der Waals surface area contributed by atoms with Crippen LogP contribution < -0.4 is 0 Å². The highest BCUT2D eigenvalue weighted by atomic mass is 32.2. The Labute approximate surface area is 80.9 Å². The number of hydrogen-bond acceptors (Lipinski definition) is 3. The van der Waals surface area contributed by atoms with E-state index in [9.17, 15) is 4.79 Å². The maximum Gasteiger partial charge on any atom is 0.339 e. The van der Waals surface area contributed by atoms with Gasteiger partial charge in [0.05, 0.1) is 11.9 Å². The van der Waals surface area contributed by atoms with E-state index >= 15 is 0 Å². The summed E-state index contributed by atoms with van der Waals surface area (Å²) in [5.41, 5.74) is 1.11. The number of rotatable bonds is 4. The van der Waals surface area contributed by atoms with Crippen molar-refractivity contribution < 1.29 is 9.90 Å². The van der Waals surface area contributed by atoms with Gasteiger partial charge in [0, 0.05) is 12.3 Å². The molecule has 72 valence electrons. The molecule has 0 aromatic carbocycles. The molecule has 0 fully saturated rings. The quantitative estimate of drug-likeness (QED) is 0.799. The van der Waals surface area contributed by atoms with Crippen LogP contribution in [0.15, 0.2) is 6.20 Å². The Hall–Kier alpha value is -0.970. The molecule has 1 heterocycles. The van der Waals surface area contributed by atoms with Gasteiger partial charge in [-0.2, -0.15) is 16.9 Å². The lowest BCUT2D eigenvalue weighted by Gasteiger charge is -2.03. The van der Waals surface area contributed by atoms with Crippen molar-refractivity contribution in [1.82, 2.24) is 9.78 Å². The fraction of sp³-hybridized carbons (Fsp3) is 0.500. The maximum atomic E-state index is 10.8. The highest BCUT2D eigenvalue weighted by molar-refractivity contribution is 7.97. The molecule has 0 aliphatic carbocycles. The smallest absolute Gasteiger partial charge is 0.339 e. The van der Waals surface area contributed by atoms with Gasteiger partial charge in [0.25, 0.3) is 0 Å². The van der Waals surface area contributed by atoms with Crippen LogP contribution >= 0.6 is 11.8 Å². The van der Waals surface area contributed by atoms with E-state index in [0.717, 1.165) is 5.69 Å². The molecule has 0 atom stereocenters. The lowest BCUT2D eigenvalue weighted by molar-refractivity contribution is 0.0696. The fourth-order valence-corrected chi connectivity index (χ4v) is 1.73. The lowest BCUT2D eigenvalue weighted by atomic mass is 10.3. The minimum atomic E-state index is -0.899. The van der Waals surface area contributed by atoms with Crippen LogP contribution in [0.25, 0.3) is 0 Å². The van der Waals surface area contributed by atoms with E-state index in [2.05, 4.69) is 5.10 Å². The number of aromatic carboxylic acids is 1. The normalized spacial score (nSPS) is 10.3. The molecule has 0 saturated carbocycles. The second-order valence-corrected chi connectivity index (χ2v) is 3.42. The van der Waals surface area contributed by atoms with Crippen molar-refractivity contribution in [1.29, 1.82) is 0 Å². The van der Waals surface area contributed by atoms with Gasteiger partial charge in [-0.25, -0.2) is 4.79 Å². The van der Waals surface area contributed by atoms with Crippen molar-refractivity contribution in [2.75, 3.05) is 6.26 Å².